The standard InChI is InChI=1S/C15H13ClN2O3/c16-10-4-2-1-3-9(10)12-5-6-13(21-12)15(20)18-11-7-8-17-14(11)19/h1-6,11H,7-8H2,(H,17,19)(H,18,20)/t11-/m1/s1. The van der Waals surface area contributed by atoms with Crippen LogP contribution in [0.3, 0.4) is 0 Å². The van der Waals surface area contributed by atoms with Gasteiger partial charge in [-0.1, -0.05) is 23.7 Å². The minimum absolute atomic E-state index is 0.157. The van der Waals surface area contributed by atoms with Crippen LogP contribution in [0.2, 0.25) is 5.02 Å². The Balaban J connectivity index is 1.77. The smallest absolute Gasteiger partial charge is 0.287 e. The molecule has 5 nitrogen and oxygen atoms in total. The summed E-state index contributed by atoms with van der Waals surface area (Å²) in [4.78, 5) is 23.5. The molecule has 0 radical (unpaired) electrons. The lowest BCUT2D eigenvalue weighted by Crippen LogP contribution is -2.39. The number of carbonyl (C=O) groups is 2. The summed E-state index contributed by atoms with van der Waals surface area (Å²) in [5, 5.41) is 5.86. The lowest BCUT2D eigenvalue weighted by molar-refractivity contribution is -0.120. The summed E-state index contributed by atoms with van der Waals surface area (Å²) in [6, 6.07) is 9.99. The first-order valence-electron chi connectivity index (χ1n) is 6.58. The Morgan fingerprint density at radius 2 is 2.10 bits per heavy atom. The second kappa shape index (κ2) is 5.61. The zero-order valence-electron chi connectivity index (χ0n) is 11.1. The minimum Gasteiger partial charge on any atom is -0.451 e. The van der Waals surface area contributed by atoms with Crippen molar-refractivity contribution in [3.8, 4) is 11.3 Å². The Morgan fingerprint density at radius 3 is 2.81 bits per heavy atom. The third-order valence-corrected chi connectivity index (χ3v) is 3.65. The number of amides is 2. The van der Waals surface area contributed by atoms with E-state index in [1.54, 1.807) is 18.2 Å². The molecular formula is C15H13ClN2O3. The molecule has 0 aliphatic carbocycles. The maximum Gasteiger partial charge on any atom is 0.287 e. The molecule has 1 aromatic heterocycles. The SMILES string of the molecule is O=C(N[C@@H]1CCNC1=O)c1ccc(-c2ccccc2Cl)o1. The molecule has 2 aromatic rings. The van der Waals surface area contributed by atoms with Crippen LogP contribution in [-0.4, -0.2) is 24.4 Å². The van der Waals surface area contributed by atoms with Gasteiger partial charge >= 0.3 is 0 Å². The van der Waals surface area contributed by atoms with Crippen molar-refractivity contribution in [3.63, 3.8) is 0 Å². The van der Waals surface area contributed by atoms with Crippen molar-refractivity contribution >= 4 is 23.4 Å². The Labute approximate surface area is 126 Å². The van der Waals surface area contributed by atoms with Crippen molar-refractivity contribution in [2.24, 2.45) is 0 Å². The average Bonchev–Trinajstić information content (AvgIpc) is 3.09. The molecule has 0 saturated carbocycles. The van der Waals surface area contributed by atoms with Crippen molar-refractivity contribution in [2.45, 2.75) is 12.5 Å². The molecule has 1 aliphatic heterocycles. The molecule has 3 rings (SSSR count). The Hall–Kier alpha value is -2.27. The summed E-state index contributed by atoms with van der Waals surface area (Å²) in [5.41, 5.74) is 0.719. The van der Waals surface area contributed by atoms with Gasteiger partial charge in [-0.05, 0) is 30.7 Å². The van der Waals surface area contributed by atoms with E-state index in [0.717, 1.165) is 5.56 Å². The molecule has 1 aromatic carbocycles. The van der Waals surface area contributed by atoms with Crippen LogP contribution in [0.5, 0.6) is 0 Å². The lowest BCUT2D eigenvalue weighted by Gasteiger charge is -2.07. The molecule has 2 N–H and O–H groups in total. The number of furan rings is 1. The highest BCUT2D eigenvalue weighted by molar-refractivity contribution is 6.33. The maximum absolute atomic E-state index is 12.1. The second-order valence-electron chi connectivity index (χ2n) is 4.75. The first-order chi connectivity index (χ1) is 10.1. The maximum atomic E-state index is 12.1. The third-order valence-electron chi connectivity index (χ3n) is 3.32. The predicted octanol–water partition coefficient (Wildman–Crippen LogP) is 2.22. The van der Waals surface area contributed by atoms with Crippen molar-refractivity contribution in [2.75, 3.05) is 6.54 Å². The van der Waals surface area contributed by atoms with Crippen LogP contribution in [0, 0.1) is 0 Å². The van der Waals surface area contributed by atoms with Gasteiger partial charge in [0.15, 0.2) is 5.76 Å². The van der Waals surface area contributed by atoms with Crippen molar-refractivity contribution in [3.05, 3.63) is 47.2 Å². The van der Waals surface area contributed by atoms with Gasteiger partial charge in [-0.25, -0.2) is 0 Å². The van der Waals surface area contributed by atoms with Gasteiger partial charge in [0.25, 0.3) is 5.91 Å². The van der Waals surface area contributed by atoms with E-state index in [9.17, 15) is 9.59 Å². The molecule has 2 amide bonds. The first-order valence-corrected chi connectivity index (χ1v) is 6.96. The van der Waals surface area contributed by atoms with E-state index < -0.39 is 11.9 Å². The predicted molar refractivity (Wildman–Crippen MR) is 78.0 cm³/mol. The highest BCUT2D eigenvalue weighted by Gasteiger charge is 2.27. The molecule has 108 valence electrons. The molecule has 0 unspecified atom stereocenters. The number of hydrogen-bond donors (Lipinski definition) is 2. The Morgan fingerprint density at radius 1 is 1.29 bits per heavy atom. The van der Waals surface area contributed by atoms with E-state index in [2.05, 4.69) is 10.6 Å². The van der Waals surface area contributed by atoms with Crippen LogP contribution >= 0.6 is 11.6 Å². The van der Waals surface area contributed by atoms with Gasteiger partial charge < -0.3 is 15.1 Å². The fourth-order valence-corrected chi connectivity index (χ4v) is 2.46. The van der Waals surface area contributed by atoms with Crippen LogP contribution in [0.15, 0.2) is 40.8 Å². The Bertz CT molecular complexity index is 696. The third kappa shape index (κ3) is 2.78. The zero-order valence-corrected chi connectivity index (χ0v) is 11.8. The molecule has 1 fully saturated rings. The van der Waals surface area contributed by atoms with E-state index in [-0.39, 0.29) is 11.7 Å². The molecule has 6 heteroatoms. The number of hydrogen-bond acceptors (Lipinski definition) is 3. The molecule has 1 aliphatic rings. The van der Waals surface area contributed by atoms with Crippen LogP contribution in [-0.2, 0) is 4.79 Å². The van der Waals surface area contributed by atoms with Gasteiger partial charge in [0.2, 0.25) is 5.91 Å². The van der Waals surface area contributed by atoms with Crippen molar-refractivity contribution in [1.29, 1.82) is 0 Å². The second-order valence-corrected chi connectivity index (χ2v) is 5.16. The molecule has 2 heterocycles. The van der Waals surface area contributed by atoms with Crippen molar-refractivity contribution < 1.29 is 14.0 Å². The summed E-state index contributed by atoms with van der Waals surface area (Å²) in [5.74, 6) is 0.0998. The van der Waals surface area contributed by atoms with Crippen LogP contribution in [0.25, 0.3) is 11.3 Å². The van der Waals surface area contributed by atoms with Crippen LogP contribution in [0.1, 0.15) is 17.0 Å². The van der Waals surface area contributed by atoms with Gasteiger partial charge in [-0.3, -0.25) is 9.59 Å². The minimum atomic E-state index is -0.494. The summed E-state index contributed by atoms with van der Waals surface area (Å²) < 4.78 is 5.53. The number of carbonyl (C=O) groups excluding carboxylic acids is 2. The summed E-state index contributed by atoms with van der Waals surface area (Å²) in [6.45, 7) is 0.576. The molecule has 21 heavy (non-hydrogen) atoms. The first kappa shape index (κ1) is 13.7. The summed E-state index contributed by atoms with van der Waals surface area (Å²) >= 11 is 6.09. The monoisotopic (exact) mass is 304 g/mol. The fraction of sp³-hybridized carbons (Fsp3) is 0.200. The topological polar surface area (TPSA) is 71.3 Å². The summed E-state index contributed by atoms with van der Waals surface area (Å²) in [6.07, 6.45) is 0.586. The van der Waals surface area contributed by atoms with E-state index >= 15 is 0 Å². The van der Waals surface area contributed by atoms with Gasteiger partial charge in [0.05, 0.1) is 5.02 Å². The van der Waals surface area contributed by atoms with Gasteiger partial charge in [0.1, 0.15) is 11.8 Å². The molecule has 0 bridgehead atoms. The van der Waals surface area contributed by atoms with Gasteiger partial charge in [0, 0.05) is 12.1 Å². The van der Waals surface area contributed by atoms with Gasteiger partial charge in [-0.2, -0.15) is 0 Å². The normalized spacial score (nSPS) is 17.6. The quantitative estimate of drug-likeness (QED) is 0.913. The molecular weight excluding hydrogens is 292 g/mol. The molecule has 1 atom stereocenters. The number of nitrogens with one attached hydrogen (secondary N) is 2. The van der Waals surface area contributed by atoms with E-state index in [0.29, 0.717) is 23.7 Å². The highest BCUT2D eigenvalue weighted by atomic mass is 35.5. The van der Waals surface area contributed by atoms with E-state index in [1.165, 1.54) is 0 Å². The summed E-state index contributed by atoms with van der Waals surface area (Å²) in [7, 11) is 0. The van der Waals surface area contributed by atoms with E-state index in [4.69, 9.17) is 16.0 Å². The highest BCUT2D eigenvalue weighted by Crippen LogP contribution is 2.29. The number of rotatable bonds is 3. The largest absolute Gasteiger partial charge is 0.451 e. The number of benzene rings is 1. The van der Waals surface area contributed by atoms with Gasteiger partial charge in [-0.15, -0.1) is 0 Å². The Kier molecular flexibility index (Phi) is 3.66. The zero-order chi connectivity index (χ0) is 14.8. The number of halogens is 1. The molecule has 0 spiro atoms. The van der Waals surface area contributed by atoms with E-state index in [1.807, 2.05) is 18.2 Å². The molecule has 1 saturated heterocycles. The lowest BCUT2D eigenvalue weighted by atomic mass is 10.2. The van der Waals surface area contributed by atoms with Crippen LogP contribution < -0.4 is 10.6 Å². The van der Waals surface area contributed by atoms with Crippen molar-refractivity contribution in [1.82, 2.24) is 10.6 Å². The van der Waals surface area contributed by atoms with Crippen LogP contribution in [0.4, 0.5) is 0 Å². The average molecular weight is 305 g/mol. The fourth-order valence-electron chi connectivity index (χ4n) is 2.23.